The minimum Gasteiger partial charge on any atom is -0.376 e. The van der Waals surface area contributed by atoms with Crippen molar-refractivity contribution in [2.75, 3.05) is 36.2 Å². The highest BCUT2D eigenvalue weighted by Gasteiger charge is 2.08. The third-order valence-corrected chi connectivity index (χ3v) is 3.82. The van der Waals surface area contributed by atoms with E-state index in [1.54, 1.807) is 62.6 Å². The van der Waals surface area contributed by atoms with Gasteiger partial charge in [0, 0.05) is 43.6 Å². The van der Waals surface area contributed by atoms with Gasteiger partial charge >= 0.3 is 0 Å². The van der Waals surface area contributed by atoms with E-state index in [0.29, 0.717) is 11.3 Å². The number of carbonyl (C=O) groups is 3. The summed E-state index contributed by atoms with van der Waals surface area (Å²) in [5.41, 5.74) is 2.57. The third kappa shape index (κ3) is 5.07. The molecule has 0 spiro atoms. The Morgan fingerprint density at radius 2 is 1.69 bits per heavy atom. The number of hydrogen-bond donors (Lipinski definition) is 3. The van der Waals surface area contributed by atoms with Gasteiger partial charge in [-0.3, -0.25) is 14.4 Å². The molecule has 26 heavy (non-hydrogen) atoms. The molecule has 0 saturated heterocycles. The van der Waals surface area contributed by atoms with Gasteiger partial charge in [0.1, 0.15) is 0 Å². The first-order chi connectivity index (χ1) is 12.4. The fourth-order valence-corrected chi connectivity index (χ4v) is 2.25. The number of hydrogen-bond acceptors (Lipinski definition) is 4. The number of anilines is 3. The number of benzene rings is 2. The molecule has 0 heterocycles. The zero-order valence-corrected chi connectivity index (χ0v) is 15.0. The van der Waals surface area contributed by atoms with E-state index in [9.17, 15) is 14.4 Å². The van der Waals surface area contributed by atoms with Crippen LogP contribution in [0.5, 0.6) is 0 Å². The van der Waals surface area contributed by atoms with E-state index in [2.05, 4.69) is 16.0 Å². The van der Waals surface area contributed by atoms with Gasteiger partial charge in [-0.25, -0.2) is 0 Å². The Morgan fingerprint density at radius 1 is 1.00 bits per heavy atom. The summed E-state index contributed by atoms with van der Waals surface area (Å²) in [7, 11) is 3.25. The topological polar surface area (TPSA) is 90.5 Å². The largest absolute Gasteiger partial charge is 0.376 e. The normalized spacial score (nSPS) is 9.96. The molecule has 3 N–H and O–H groups in total. The van der Waals surface area contributed by atoms with Crippen molar-refractivity contribution < 1.29 is 14.4 Å². The first-order valence-corrected chi connectivity index (χ1v) is 8.11. The van der Waals surface area contributed by atoms with E-state index in [1.165, 1.54) is 11.8 Å². The molecule has 2 aromatic carbocycles. The molecule has 136 valence electrons. The molecular weight excluding hydrogens is 332 g/mol. The average Bonchev–Trinajstić information content (AvgIpc) is 2.65. The quantitative estimate of drug-likeness (QED) is 0.741. The summed E-state index contributed by atoms with van der Waals surface area (Å²) in [6, 6.07) is 13.9. The van der Waals surface area contributed by atoms with Gasteiger partial charge in [0.15, 0.2) is 0 Å². The minimum absolute atomic E-state index is 0.0518. The molecule has 7 heteroatoms. The van der Waals surface area contributed by atoms with Gasteiger partial charge < -0.3 is 20.9 Å². The second kappa shape index (κ2) is 8.66. The summed E-state index contributed by atoms with van der Waals surface area (Å²) in [5.74, 6) is -0.497. The van der Waals surface area contributed by atoms with Crippen molar-refractivity contribution >= 4 is 34.8 Å². The van der Waals surface area contributed by atoms with Crippen molar-refractivity contribution in [3.8, 4) is 0 Å². The second-order valence-electron chi connectivity index (χ2n) is 5.69. The molecule has 0 atom stereocenters. The van der Waals surface area contributed by atoms with Crippen LogP contribution in [0.3, 0.4) is 0 Å². The number of carbonyl (C=O) groups excluding carboxylic acids is 3. The van der Waals surface area contributed by atoms with E-state index >= 15 is 0 Å². The molecule has 0 bridgehead atoms. The molecule has 0 fully saturated rings. The maximum Gasteiger partial charge on any atom is 0.251 e. The molecule has 0 aromatic heterocycles. The molecule has 2 rings (SSSR count). The number of rotatable bonds is 6. The average molecular weight is 354 g/mol. The van der Waals surface area contributed by atoms with Crippen molar-refractivity contribution in [1.82, 2.24) is 5.32 Å². The van der Waals surface area contributed by atoms with Crippen LogP contribution in [0.15, 0.2) is 48.5 Å². The zero-order valence-electron chi connectivity index (χ0n) is 15.0. The minimum atomic E-state index is -0.232. The van der Waals surface area contributed by atoms with E-state index in [0.717, 1.165) is 11.4 Å². The molecule has 0 aliphatic carbocycles. The Morgan fingerprint density at radius 3 is 2.31 bits per heavy atom. The van der Waals surface area contributed by atoms with Crippen LogP contribution in [0.25, 0.3) is 0 Å². The van der Waals surface area contributed by atoms with Crippen LogP contribution in [-0.4, -0.2) is 38.4 Å². The molecule has 0 aliphatic rings. The maximum absolute atomic E-state index is 12.1. The van der Waals surface area contributed by atoms with Crippen LogP contribution in [0, 0.1) is 0 Å². The first-order valence-electron chi connectivity index (χ1n) is 8.11. The number of nitrogens with one attached hydrogen (secondary N) is 3. The summed E-state index contributed by atoms with van der Waals surface area (Å²) < 4.78 is 0. The second-order valence-corrected chi connectivity index (χ2v) is 5.69. The Kier molecular flexibility index (Phi) is 6.32. The highest BCUT2D eigenvalue weighted by Crippen LogP contribution is 2.17. The summed E-state index contributed by atoms with van der Waals surface area (Å²) in [6.07, 6.45) is 0. The van der Waals surface area contributed by atoms with Crippen molar-refractivity contribution in [3.05, 3.63) is 54.1 Å². The molecule has 0 saturated carbocycles. The van der Waals surface area contributed by atoms with Gasteiger partial charge in [-0.05, 0) is 42.5 Å². The summed E-state index contributed by atoms with van der Waals surface area (Å²) in [4.78, 5) is 36.6. The molecular formula is C19H22N4O3. The zero-order chi connectivity index (χ0) is 19.1. The van der Waals surface area contributed by atoms with Crippen LogP contribution in [0.4, 0.5) is 17.1 Å². The Bertz CT molecular complexity index is 803. The van der Waals surface area contributed by atoms with Gasteiger partial charge in [0.2, 0.25) is 11.8 Å². The standard InChI is InChI=1S/C19H22N4O3/c1-13(24)23(3)17-9-7-15(8-10-17)21-12-18(25)22-16-6-4-5-14(11-16)19(26)20-2/h4-11,21H,12H2,1-3H3,(H,20,26)(H,22,25). The summed E-state index contributed by atoms with van der Waals surface area (Å²) >= 11 is 0. The molecule has 0 unspecified atom stereocenters. The van der Waals surface area contributed by atoms with E-state index < -0.39 is 0 Å². The smallest absolute Gasteiger partial charge is 0.251 e. The lowest BCUT2D eigenvalue weighted by atomic mass is 10.2. The van der Waals surface area contributed by atoms with Crippen LogP contribution in [-0.2, 0) is 9.59 Å². The number of amides is 3. The molecule has 0 aliphatic heterocycles. The number of nitrogens with zero attached hydrogens (tertiary/aromatic N) is 1. The lowest BCUT2D eigenvalue weighted by Crippen LogP contribution is -2.23. The van der Waals surface area contributed by atoms with Gasteiger partial charge in [-0.2, -0.15) is 0 Å². The van der Waals surface area contributed by atoms with Crippen molar-refractivity contribution in [2.45, 2.75) is 6.92 Å². The van der Waals surface area contributed by atoms with Gasteiger partial charge in [0.25, 0.3) is 5.91 Å². The fourth-order valence-electron chi connectivity index (χ4n) is 2.25. The summed E-state index contributed by atoms with van der Waals surface area (Å²) in [6.45, 7) is 1.57. The van der Waals surface area contributed by atoms with Gasteiger partial charge in [0.05, 0.1) is 6.54 Å². The molecule has 0 radical (unpaired) electrons. The first kappa shape index (κ1) is 19.0. The monoisotopic (exact) mass is 354 g/mol. The third-order valence-electron chi connectivity index (χ3n) is 3.82. The summed E-state index contributed by atoms with van der Waals surface area (Å²) in [5, 5.41) is 8.29. The molecule has 7 nitrogen and oxygen atoms in total. The fraction of sp³-hybridized carbons (Fsp3) is 0.211. The Hall–Kier alpha value is -3.35. The Balaban J connectivity index is 1.91. The van der Waals surface area contributed by atoms with Crippen LogP contribution < -0.4 is 20.9 Å². The van der Waals surface area contributed by atoms with Crippen molar-refractivity contribution in [2.24, 2.45) is 0 Å². The van der Waals surface area contributed by atoms with Gasteiger partial charge in [-0.15, -0.1) is 0 Å². The van der Waals surface area contributed by atoms with E-state index in [1.807, 2.05) is 0 Å². The predicted molar refractivity (Wildman–Crippen MR) is 102 cm³/mol. The molecule has 3 amide bonds. The highest BCUT2D eigenvalue weighted by atomic mass is 16.2. The predicted octanol–water partition coefficient (Wildman–Crippen LogP) is 2.08. The Labute approximate surface area is 152 Å². The molecule has 2 aromatic rings. The maximum atomic E-state index is 12.1. The highest BCUT2D eigenvalue weighted by molar-refractivity contribution is 5.98. The van der Waals surface area contributed by atoms with Crippen LogP contribution >= 0.6 is 0 Å². The van der Waals surface area contributed by atoms with E-state index in [4.69, 9.17) is 0 Å². The van der Waals surface area contributed by atoms with E-state index in [-0.39, 0.29) is 24.3 Å². The van der Waals surface area contributed by atoms with Crippen LogP contribution in [0.1, 0.15) is 17.3 Å². The van der Waals surface area contributed by atoms with Crippen molar-refractivity contribution in [3.63, 3.8) is 0 Å². The van der Waals surface area contributed by atoms with Crippen molar-refractivity contribution in [1.29, 1.82) is 0 Å². The lowest BCUT2D eigenvalue weighted by Gasteiger charge is -2.15. The van der Waals surface area contributed by atoms with Crippen LogP contribution in [0.2, 0.25) is 0 Å². The SMILES string of the molecule is CNC(=O)c1cccc(NC(=O)CNc2ccc(N(C)C(C)=O)cc2)c1. The lowest BCUT2D eigenvalue weighted by molar-refractivity contribution is -0.116. The van der Waals surface area contributed by atoms with Gasteiger partial charge in [-0.1, -0.05) is 6.07 Å².